The van der Waals surface area contributed by atoms with Gasteiger partial charge < -0.3 is 14.2 Å². The second-order valence-corrected chi connectivity index (χ2v) is 6.09. The van der Waals surface area contributed by atoms with E-state index < -0.39 is 0 Å². The van der Waals surface area contributed by atoms with Crippen LogP contribution < -0.4 is 4.74 Å². The molecule has 0 bridgehead atoms. The summed E-state index contributed by atoms with van der Waals surface area (Å²) in [5, 5.41) is 12.2. The average Bonchev–Trinajstić information content (AvgIpc) is 3.22. The molecule has 1 aliphatic rings. The summed E-state index contributed by atoms with van der Waals surface area (Å²) in [7, 11) is 0. The lowest BCUT2D eigenvalue weighted by Crippen LogP contribution is -2.39. The second kappa shape index (κ2) is 6.58. The Bertz CT molecular complexity index is 914. The molecule has 4 heterocycles. The van der Waals surface area contributed by atoms with Crippen molar-refractivity contribution in [2.75, 3.05) is 6.54 Å². The lowest BCUT2D eigenvalue weighted by Gasteiger charge is -2.27. The van der Waals surface area contributed by atoms with Gasteiger partial charge in [-0.1, -0.05) is 16.4 Å². The van der Waals surface area contributed by atoms with Gasteiger partial charge >= 0.3 is 0 Å². The number of ether oxygens (including phenoxy) is 1. The zero-order valence-electron chi connectivity index (χ0n) is 14.5. The number of nitrogens with zero attached hydrogens (tertiary/aromatic N) is 6. The van der Waals surface area contributed by atoms with Crippen LogP contribution in [0.15, 0.2) is 28.9 Å². The smallest absolute Gasteiger partial charge is 0.259 e. The highest BCUT2D eigenvalue weighted by molar-refractivity contribution is 5.96. The quantitative estimate of drug-likeness (QED) is 0.700. The highest BCUT2D eigenvalue weighted by atomic mass is 16.5. The van der Waals surface area contributed by atoms with Gasteiger partial charge in [-0.2, -0.15) is 0 Å². The van der Waals surface area contributed by atoms with Crippen LogP contribution in [-0.2, 0) is 19.7 Å². The minimum Gasteiger partial charge on any atom is -0.471 e. The zero-order valence-corrected chi connectivity index (χ0v) is 14.5. The van der Waals surface area contributed by atoms with Crippen LogP contribution in [-0.4, -0.2) is 42.5 Å². The summed E-state index contributed by atoms with van der Waals surface area (Å²) in [6.45, 7) is 5.32. The standard InChI is InChI=1S/C17H18N6O3/c1-11-16(12(2)26-20-11)17(24)22-7-8-23-14(9-22)13(19-21-23)10-25-15-5-3-4-6-18-15/h3-6H,7-10H2,1-2H3. The average molecular weight is 354 g/mol. The number of rotatable bonds is 4. The molecule has 0 radical (unpaired) electrons. The van der Waals surface area contributed by atoms with Crippen LogP contribution in [0, 0.1) is 13.8 Å². The number of carbonyl (C=O) groups is 1. The molecule has 9 heteroatoms. The van der Waals surface area contributed by atoms with Crippen LogP contribution in [0.25, 0.3) is 0 Å². The molecule has 4 rings (SSSR count). The highest BCUT2D eigenvalue weighted by Gasteiger charge is 2.29. The third-order valence-electron chi connectivity index (χ3n) is 4.37. The Kier molecular flexibility index (Phi) is 4.11. The Morgan fingerprint density at radius 1 is 1.31 bits per heavy atom. The van der Waals surface area contributed by atoms with E-state index >= 15 is 0 Å². The number of pyridine rings is 1. The van der Waals surface area contributed by atoms with Gasteiger partial charge in [0.05, 0.1) is 24.5 Å². The fourth-order valence-corrected chi connectivity index (χ4v) is 3.00. The van der Waals surface area contributed by atoms with Crippen LogP contribution in [0.4, 0.5) is 0 Å². The third-order valence-corrected chi connectivity index (χ3v) is 4.37. The first kappa shape index (κ1) is 16.2. The third kappa shape index (κ3) is 2.92. The number of aromatic nitrogens is 5. The predicted octanol–water partition coefficient (Wildman–Crippen LogP) is 1.51. The van der Waals surface area contributed by atoms with Crippen molar-refractivity contribution >= 4 is 5.91 Å². The minimum atomic E-state index is -0.0923. The Morgan fingerprint density at radius 2 is 2.19 bits per heavy atom. The summed E-state index contributed by atoms with van der Waals surface area (Å²) in [5.41, 5.74) is 2.69. The van der Waals surface area contributed by atoms with Crippen molar-refractivity contribution in [3.63, 3.8) is 0 Å². The lowest BCUT2D eigenvalue weighted by atomic mass is 10.1. The minimum absolute atomic E-state index is 0.0923. The van der Waals surface area contributed by atoms with Crippen LogP contribution in [0.5, 0.6) is 5.88 Å². The highest BCUT2D eigenvalue weighted by Crippen LogP contribution is 2.21. The number of fused-ring (bicyclic) bond motifs is 1. The first-order chi connectivity index (χ1) is 12.6. The molecule has 0 N–H and O–H groups in total. The Hall–Kier alpha value is -3.23. The number of hydrogen-bond acceptors (Lipinski definition) is 7. The van der Waals surface area contributed by atoms with E-state index in [9.17, 15) is 4.79 Å². The molecule has 0 spiro atoms. The van der Waals surface area contributed by atoms with Crippen LogP contribution in [0.1, 0.15) is 33.2 Å². The van der Waals surface area contributed by atoms with Crippen LogP contribution >= 0.6 is 0 Å². The van der Waals surface area contributed by atoms with Gasteiger partial charge in [-0.25, -0.2) is 9.67 Å². The molecule has 0 atom stereocenters. The summed E-state index contributed by atoms with van der Waals surface area (Å²) in [5.74, 6) is 0.961. The summed E-state index contributed by atoms with van der Waals surface area (Å²) in [4.78, 5) is 18.7. The van der Waals surface area contributed by atoms with Crippen molar-refractivity contribution in [3.05, 3.63) is 52.8 Å². The van der Waals surface area contributed by atoms with E-state index in [1.807, 2.05) is 16.8 Å². The van der Waals surface area contributed by atoms with E-state index in [1.54, 1.807) is 31.0 Å². The number of amides is 1. The van der Waals surface area contributed by atoms with Gasteiger partial charge in [-0.3, -0.25) is 4.79 Å². The van der Waals surface area contributed by atoms with Gasteiger partial charge in [0.15, 0.2) is 0 Å². The summed E-state index contributed by atoms with van der Waals surface area (Å²) >= 11 is 0. The van der Waals surface area contributed by atoms with Crippen LogP contribution in [0.2, 0.25) is 0 Å². The van der Waals surface area contributed by atoms with Gasteiger partial charge in [0, 0.05) is 18.8 Å². The van der Waals surface area contributed by atoms with Crippen molar-refractivity contribution in [1.82, 2.24) is 30.0 Å². The number of carbonyl (C=O) groups excluding carboxylic acids is 1. The second-order valence-electron chi connectivity index (χ2n) is 6.09. The molecule has 0 saturated heterocycles. The van der Waals surface area contributed by atoms with E-state index in [4.69, 9.17) is 9.26 Å². The van der Waals surface area contributed by atoms with Gasteiger partial charge in [-0.05, 0) is 19.9 Å². The molecule has 0 unspecified atom stereocenters. The molecule has 3 aromatic rings. The predicted molar refractivity (Wildman–Crippen MR) is 89.3 cm³/mol. The number of hydrogen-bond donors (Lipinski definition) is 0. The van der Waals surface area contributed by atoms with Gasteiger partial charge in [0.1, 0.15) is 23.6 Å². The Morgan fingerprint density at radius 3 is 2.92 bits per heavy atom. The molecule has 134 valence electrons. The molecular weight excluding hydrogens is 336 g/mol. The van der Waals surface area contributed by atoms with Gasteiger partial charge in [-0.15, -0.1) is 5.10 Å². The maximum atomic E-state index is 12.9. The van der Waals surface area contributed by atoms with Crippen molar-refractivity contribution in [1.29, 1.82) is 0 Å². The summed E-state index contributed by atoms with van der Waals surface area (Å²) in [6.07, 6.45) is 1.67. The fourth-order valence-electron chi connectivity index (χ4n) is 3.00. The molecule has 26 heavy (non-hydrogen) atoms. The molecule has 1 amide bonds. The monoisotopic (exact) mass is 354 g/mol. The lowest BCUT2D eigenvalue weighted by molar-refractivity contribution is 0.0702. The van der Waals surface area contributed by atoms with Crippen LogP contribution in [0.3, 0.4) is 0 Å². The fraction of sp³-hybridized carbons (Fsp3) is 0.353. The van der Waals surface area contributed by atoms with Crippen molar-refractivity contribution in [2.45, 2.75) is 33.5 Å². The molecule has 0 fully saturated rings. The van der Waals surface area contributed by atoms with Crippen molar-refractivity contribution in [3.8, 4) is 5.88 Å². The molecule has 0 aromatic carbocycles. The molecular formula is C17H18N6O3. The van der Waals surface area contributed by atoms with E-state index in [2.05, 4.69) is 20.5 Å². The molecule has 9 nitrogen and oxygen atoms in total. The maximum Gasteiger partial charge on any atom is 0.259 e. The molecule has 0 saturated carbocycles. The topological polar surface area (TPSA) is 99.2 Å². The van der Waals surface area contributed by atoms with Gasteiger partial charge in [0.2, 0.25) is 5.88 Å². The first-order valence-electron chi connectivity index (χ1n) is 8.30. The molecule has 3 aromatic heterocycles. The summed E-state index contributed by atoms with van der Waals surface area (Å²) in [6, 6.07) is 5.46. The van der Waals surface area contributed by atoms with Crippen molar-refractivity contribution in [2.24, 2.45) is 0 Å². The first-order valence-corrected chi connectivity index (χ1v) is 8.30. The maximum absolute atomic E-state index is 12.9. The van der Waals surface area contributed by atoms with E-state index in [-0.39, 0.29) is 12.5 Å². The largest absolute Gasteiger partial charge is 0.471 e. The Balaban J connectivity index is 1.51. The van der Waals surface area contributed by atoms with E-state index in [0.717, 1.165) is 5.69 Å². The molecule has 1 aliphatic heterocycles. The number of aryl methyl sites for hydroxylation is 2. The SMILES string of the molecule is Cc1noc(C)c1C(=O)N1CCn2nnc(COc3ccccn3)c2C1. The normalized spacial score (nSPS) is 13.5. The van der Waals surface area contributed by atoms with Crippen molar-refractivity contribution < 1.29 is 14.1 Å². The van der Waals surface area contributed by atoms with E-state index in [0.29, 0.717) is 48.2 Å². The Labute approximate surface area is 149 Å². The van der Waals surface area contributed by atoms with E-state index in [1.165, 1.54) is 0 Å². The summed E-state index contributed by atoms with van der Waals surface area (Å²) < 4.78 is 12.6. The van der Waals surface area contributed by atoms with Gasteiger partial charge in [0.25, 0.3) is 5.91 Å². The zero-order chi connectivity index (χ0) is 18.1. The molecule has 0 aliphatic carbocycles.